The molecule has 0 spiro atoms. The summed E-state index contributed by atoms with van der Waals surface area (Å²) in [6.07, 6.45) is -0.162. The second-order valence-corrected chi connectivity index (χ2v) is 6.02. The average molecular weight is 359 g/mol. The van der Waals surface area contributed by atoms with Crippen molar-refractivity contribution >= 4 is 11.9 Å². The van der Waals surface area contributed by atoms with Gasteiger partial charge in [-0.3, -0.25) is 9.59 Å². The Labute approximate surface area is 151 Å². The molecule has 0 bridgehead atoms. The number of halogens is 1. The lowest BCUT2D eigenvalue weighted by Gasteiger charge is -2.21. The van der Waals surface area contributed by atoms with Crippen molar-refractivity contribution in [3.63, 3.8) is 0 Å². The molecule has 2 N–H and O–H groups in total. The normalized spacial score (nSPS) is 12.8. The number of carboxylic acid groups (broad SMARTS) is 1. The van der Waals surface area contributed by atoms with Crippen molar-refractivity contribution in [1.82, 2.24) is 5.32 Å². The maximum atomic E-state index is 13.7. The summed E-state index contributed by atoms with van der Waals surface area (Å²) in [5.41, 5.74) is 0.992. The molecular formula is C20H22FNO4. The first-order valence-electron chi connectivity index (χ1n) is 8.43. The lowest BCUT2D eigenvalue weighted by atomic mass is 10.0. The third-order valence-electron chi connectivity index (χ3n) is 3.89. The fraction of sp³-hybridized carbons (Fsp3) is 0.300. The van der Waals surface area contributed by atoms with Crippen LogP contribution in [0.3, 0.4) is 0 Å². The first-order chi connectivity index (χ1) is 12.5. The van der Waals surface area contributed by atoms with Crippen LogP contribution in [0.4, 0.5) is 4.39 Å². The van der Waals surface area contributed by atoms with E-state index in [1.54, 1.807) is 6.07 Å². The second kappa shape index (κ2) is 9.56. The van der Waals surface area contributed by atoms with E-state index >= 15 is 0 Å². The van der Waals surface area contributed by atoms with E-state index in [9.17, 15) is 14.0 Å². The second-order valence-electron chi connectivity index (χ2n) is 6.02. The molecule has 2 atom stereocenters. The molecule has 0 radical (unpaired) electrons. The number of aliphatic carboxylic acids is 1. The predicted octanol–water partition coefficient (Wildman–Crippen LogP) is 3.19. The third-order valence-corrected chi connectivity index (χ3v) is 3.89. The fourth-order valence-electron chi connectivity index (χ4n) is 2.52. The molecule has 0 saturated heterocycles. The number of carbonyl (C=O) groups is 2. The summed E-state index contributed by atoms with van der Waals surface area (Å²) in [6.45, 7) is 1.53. The number of carbonyl (C=O) groups excluding carboxylic acids is 1. The molecule has 0 aliphatic rings. The van der Waals surface area contributed by atoms with Crippen LogP contribution in [0.2, 0.25) is 0 Å². The maximum Gasteiger partial charge on any atom is 0.303 e. The highest BCUT2D eigenvalue weighted by Crippen LogP contribution is 2.17. The highest BCUT2D eigenvalue weighted by atomic mass is 19.1. The number of para-hydroxylation sites is 1. The fourth-order valence-corrected chi connectivity index (χ4v) is 2.52. The molecule has 0 aliphatic carbocycles. The van der Waals surface area contributed by atoms with Gasteiger partial charge in [-0.1, -0.05) is 42.5 Å². The van der Waals surface area contributed by atoms with Crippen LogP contribution < -0.4 is 10.1 Å². The summed E-state index contributed by atoms with van der Waals surface area (Å²) in [6, 6.07) is 15.0. The first-order valence-corrected chi connectivity index (χ1v) is 8.43. The van der Waals surface area contributed by atoms with Crippen LogP contribution in [0.5, 0.6) is 5.75 Å². The minimum atomic E-state index is -0.923. The van der Waals surface area contributed by atoms with E-state index in [0.29, 0.717) is 12.8 Å². The van der Waals surface area contributed by atoms with E-state index in [0.717, 1.165) is 5.56 Å². The Kier molecular flexibility index (Phi) is 7.14. The molecule has 0 fully saturated rings. The third kappa shape index (κ3) is 6.20. The van der Waals surface area contributed by atoms with E-state index in [2.05, 4.69) is 5.32 Å². The lowest BCUT2D eigenvalue weighted by molar-refractivity contribution is -0.137. The van der Waals surface area contributed by atoms with E-state index < -0.39 is 23.8 Å². The summed E-state index contributed by atoms with van der Waals surface area (Å²) in [7, 11) is 0. The van der Waals surface area contributed by atoms with Crippen LogP contribution >= 0.6 is 0 Å². The van der Waals surface area contributed by atoms with Crippen molar-refractivity contribution in [2.45, 2.75) is 38.3 Å². The van der Waals surface area contributed by atoms with Gasteiger partial charge in [-0.25, -0.2) is 4.39 Å². The van der Waals surface area contributed by atoms with Crippen LogP contribution in [0.1, 0.15) is 25.3 Å². The molecule has 0 saturated carbocycles. The zero-order valence-corrected chi connectivity index (χ0v) is 14.5. The van der Waals surface area contributed by atoms with Gasteiger partial charge in [-0.2, -0.15) is 0 Å². The van der Waals surface area contributed by atoms with Crippen molar-refractivity contribution in [3.8, 4) is 5.75 Å². The topological polar surface area (TPSA) is 75.6 Å². The number of ether oxygens (including phenoxy) is 1. The van der Waals surface area contributed by atoms with E-state index in [4.69, 9.17) is 9.84 Å². The standard InChI is InChI=1S/C20H22FNO4/c1-14(26-18-10-6-5-9-17(18)21)20(25)22-16(11-12-19(23)24)13-15-7-3-2-4-8-15/h2-10,14,16H,11-13H2,1H3,(H,22,25)(H,23,24). The summed E-state index contributed by atoms with van der Waals surface area (Å²) in [5.74, 6) is -1.88. The van der Waals surface area contributed by atoms with Crippen molar-refractivity contribution in [3.05, 3.63) is 66.0 Å². The van der Waals surface area contributed by atoms with Crippen LogP contribution in [0.15, 0.2) is 54.6 Å². The Morgan fingerprint density at radius 2 is 1.77 bits per heavy atom. The highest BCUT2D eigenvalue weighted by Gasteiger charge is 2.21. The minimum absolute atomic E-state index is 0.000273. The molecule has 138 valence electrons. The van der Waals surface area contributed by atoms with Gasteiger partial charge in [0.05, 0.1) is 0 Å². The van der Waals surface area contributed by atoms with Crippen LogP contribution in [-0.4, -0.2) is 29.1 Å². The number of nitrogens with one attached hydrogen (secondary N) is 1. The molecular weight excluding hydrogens is 337 g/mol. The molecule has 2 unspecified atom stereocenters. The van der Waals surface area contributed by atoms with Crippen molar-refractivity contribution in [2.75, 3.05) is 0 Å². The van der Waals surface area contributed by atoms with Crippen LogP contribution in [-0.2, 0) is 16.0 Å². The molecule has 6 heteroatoms. The molecule has 5 nitrogen and oxygen atoms in total. The first kappa shape index (κ1) is 19.4. The van der Waals surface area contributed by atoms with Gasteiger partial charge in [0.25, 0.3) is 5.91 Å². The molecule has 1 amide bonds. The van der Waals surface area contributed by atoms with Crippen molar-refractivity contribution in [2.24, 2.45) is 0 Å². The van der Waals surface area contributed by atoms with E-state index in [-0.39, 0.29) is 18.2 Å². The van der Waals surface area contributed by atoms with Gasteiger partial charge in [-0.15, -0.1) is 0 Å². The van der Waals surface area contributed by atoms with Crippen molar-refractivity contribution in [1.29, 1.82) is 0 Å². The summed E-state index contributed by atoms with van der Waals surface area (Å²) < 4.78 is 19.0. The molecule has 2 aromatic rings. The maximum absolute atomic E-state index is 13.7. The zero-order chi connectivity index (χ0) is 18.9. The summed E-state index contributed by atoms with van der Waals surface area (Å²) in [5, 5.41) is 11.7. The number of hydrogen-bond donors (Lipinski definition) is 2. The van der Waals surface area contributed by atoms with Gasteiger partial charge in [0.15, 0.2) is 17.7 Å². The van der Waals surface area contributed by atoms with Gasteiger partial charge in [0.1, 0.15) is 0 Å². The Hall–Kier alpha value is -2.89. The molecule has 0 heterocycles. The summed E-state index contributed by atoms with van der Waals surface area (Å²) in [4.78, 5) is 23.3. The molecule has 26 heavy (non-hydrogen) atoms. The zero-order valence-electron chi connectivity index (χ0n) is 14.5. The van der Waals surface area contributed by atoms with Crippen molar-refractivity contribution < 1.29 is 23.8 Å². The molecule has 0 aliphatic heterocycles. The lowest BCUT2D eigenvalue weighted by Crippen LogP contribution is -2.43. The van der Waals surface area contributed by atoms with E-state index in [1.807, 2.05) is 30.3 Å². The Morgan fingerprint density at radius 1 is 1.12 bits per heavy atom. The number of rotatable bonds is 9. The van der Waals surface area contributed by atoms with Gasteiger partial charge >= 0.3 is 5.97 Å². The molecule has 2 aromatic carbocycles. The van der Waals surface area contributed by atoms with Gasteiger partial charge < -0.3 is 15.2 Å². The smallest absolute Gasteiger partial charge is 0.303 e. The minimum Gasteiger partial charge on any atom is -0.481 e. The Bertz CT molecular complexity index is 736. The number of benzene rings is 2. The van der Waals surface area contributed by atoms with E-state index in [1.165, 1.54) is 25.1 Å². The van der Waals surface area contributed by atoms with Gasteiger partial charge in [-0.05, 0) is 37.5 Å². The largest absolute Gasteiger partial charge is 0.481 e. The molecule has 2 rings (SSSR count). The van der Waals surface area contributed by atoms with Crippen LogP contribution in [0.25, 0.3) is 0 Å². The molecule has 0 aromatic heterocycles. The van der Waals surface area contributed by atoms with Gasteiger partial charge in [0.2, 0.25) is 0 Å². The quantitative estimate of drug-likeness (QED) is 0.721. The average Bonchev–Trinajstić information content (AvgIpc) is 2.62. The summed E-state index contributed by atoms with van der Waals surface area (Å²) >= 11 is 0. The highest BCUT2D eigenvalue weighted by molar-refractivity contribution is 5.81. The number of hydrogen-bond acceptors (Lipinski definition) is 3. The Morgan fingerprint density at radius 3 is 2.42 bits per heavy atom. The Balaban J connectivity index is 1.99. The predicted molar refractivity (Wildman–Crippen MR) is 95.4 cm³/mol. The van der Waals surface area contributed by atoms with Crippen LogP contribution in [0, 0.1) is 5.82 Å². The SMILES string of the molecule is CC(Oc1ccccc1F)C(=O)NC(CCC(=O)O)Cc1ccccc1. The monoisotopic (exact) mass is 359 g/mol. The van der Waals surface area contributed by atoms with Gasteiger partial charge in [0, 0.05) is 12.5 Å². The number of amides is 1. The number of carboxylic acids is 1.